The highest BCUT2D eigenvalue weighted by Crippen LogP contribution is 2.10. The van der Waals surface area contributed by atoms with E-state index in [0.29, 0.717) is 5.92 Å². The summed E-state index contributed by atoms with van der Waals surface area (Å²) >= 11 is 1.81. The quantitative estimate of drug-likeness (QED) is 0.747. The van der Waals surface area contributed by atoms with Crippen molar-refractivity contribution in [3.05, 3.63) is 0 Å². The van der Waals surface area contributed by atoms with Crippen molar-refractivity contribution in [2.45, 2.75) is 45.7 Å². The van der Waals surface area contributed by atoms with Gasteiger partial charge in [-0.25, -0.2) is 0 Å². The van der Waals surface area contributed by atoms with Crippen molar-refractivity contribution in [1.29, 1.82) is 0 Å². The summed E-state index contributed by atoms with van der Waals surface area (Å²) in [4.78, 5) is 13.8. The van der Waals surface area contributed by atoms with Gasteiger partial charge in [0.05, 0.1) is 6.04 Å². The minimum absolute atomic E-state index is 0.0716. The van der Waals surface area contributed by atoms with E-state index in [2.05, 4.69) is 27.0 Å². The fourth-order valence-electron chi connectivity index (χ4n) is 1.57. The molecule has 0 radical (unpaired) electrons. The molecule has 2 atom stereocenters. The molecular weight excluding hydrogens is 220 g/mol. The van der Waals surface area contributed by atoms with Gasteiger partial charge in [0.1, 0.15) is 0 Å². The van der Waals surface area contributed by atoms with Crippen LogP contribution in [0.5, 0.6) is 0 Å². The zero-order valence-corrected chi connectivity index (χ0v) is 12.0. The zero-order valence-electron chi connectivity index (χ0n) is 11.2. The number of likely N-dealkylation sites (N-methyl/N-ethyl adjacent to an activating group) is 1. The minimum Gasteiger partial charge on any atom is -0.342 e. The Kier molecular flexibility index (Phi) is 7.85. The van der Waals surface area contributed by atoms with Crippen molar-refractivity contribution in [1.82, 2.24) is 4.90 Å². The van der Waals surface area contributed by atoms with E-state index in [1.54, 1.807) is 4.90 Å². The smallest absolute Gasteiger partial charge is 0.239 e. The zero-order chi connectivity index (χ0) is 12.7. The van der Waals surface area contributed by atoms with E-state index >= 15 is 0 Å². The molecule has 0 aliphatic carbocycles. The van der Waals surface area contributed by atoms with Gasteiger partial charge in [0.25, 0.3) is 0 Å². The Morgan fingerprint density at radius 2 is 1.94 bits per heavy atom. The Morgan fingerprint density at radius 3 is 2.38 bits per heavy atom. The van der Waals surface area contributed by atoms with Gasteiger partial charge in [-0.2, -0.15) is 11.8 Å². The second-order valence-corrected chi connectivity index (χ2v) is 5.80. The molecule has 0 bridgehead atoms. The monoisotopic (exact) mass is 246 g/mol. The van der Waals surface area contributed by atoms with Crippen LogP contribution in [-0.2, 0) is 4.79 Å². The van der Waals surface area contributed by atoms with E-state index in [4.69, 9.17) is 5.73 Å². The Balaban J connectivity index is 4.14. The van der Waals surface area contributed by atoms with E-state index in [9.17, 15) is 4.79 Å². The van der Waals surface area contributed by atoms with Crippen molar-refractivity contribution >= 4 is 17.7 Å². The molecule has 0 heterocycles. The maximum atomic E-state index is 12.0. The molecule has 1 unspecified atom stereocenters. The van der Waals surface area contributed by atoms with E-state index < -0.39 is 0 Å². The summed E-state index contributed by atoms with van der Waals surface area (Å²) in [6.07, 6.45) is 3.87. The number of nitrogens with two attached hydrogens (primary N) is 1. The summed E-state index contributed by atoms with van der Waals surface area (Å²) in [5.41, 5.74) is 5.89. The molecule has 0 aliphatic heterocycles. The first-order valence-electron chi connectivity index (χ1n) is 5.91. The molecule has 0 saturated heterocycles. The second-order valence-electron chi connectivity index (χ2n) is 4.82. The summed E-state index contributed by atoms with van der Waals surface area (Å²) in [6.45, 7) is 6.25. The summed E-state index contributed by atoms with van der Waals surface area (Å²) in [5.74, 6) is 1.62. The number of amides is 1. The third kappa shape index (κ3) is 5.75. The van der Waals surface area contributed by atoms with Crippen molar-refractivity contribution in [3.8, 4) is 0 Å². The van der Waals surface area contributed by atoms with Crippen LogP contribution in [0.2, 0.25) is 0 Å². The first kappa shape index (κ1) is 15.8. The molecular formula is C12H26N2OS. The lowest BCUT2D eigenvalue weighted by Crippen LogP contribution is -2.46. The predicted octanol–water partition coefficient (Wildman–Crippen LogP) is 1.96. The van der Waals surface area contributed by atoms with Gasteiger partial charge in [-0.05, 0) is 37.7 Å². The molecule has 0 aromatic heterocycles. The van der Waals surface area contributed by atoms with Crippen LogP contribution < -0.4 is 5.73 Å². The average Bonchev–Trinajstić information content (AvgIpc) is 2.22. The average molecular weight is 246 g/mol. The lowest BCUT2D eigenvalue weighted by Gasteiger charge is -2.28. The van der Waals surface area contributed by atoms with Crippen molar-refractivity contribution in [2.24, 2.45) is 11.7 Å². The van der Waals surface area contributed by atoms with Crippen LogP contribution in [-0.4, -0.2) is 41.9 Å². The molecule has 0 spiro atoms. The highest BCUT2D eigenvalue weighted by Gasteiger charge is 2.22. The number of rotatable bonds is 7. The fraction of sp³-hybridized carbons (Fsp3) is 0.917. The van der Waals surface area contributed by atoms with Crippen molar-refractivity contribution < 1.29 is 4.79 Å². The maximum absolute atomic E-state index is 12.0. The van der Waals surface area contributed by atoms with Crippen LogP contribution in [0.1, 0.15) is 33.6 Å². The van der Waals surface area contributed by atoms with Gasteiger partial charge in [-0.1, -0.05) is 13.8 Å². The molecule has 16 heavy (non-hydrogen) atoms. The van der Waals surface area contributed by atoms with Gasteiger partial charge in [-0.3, -0.25) is 4.79 Å². The van der Waals surface area contributed by atoms with Gasteiger partial charge in [-0.15, -0.1) is 0 Å². The Bertz CT molecular complexity index is 209. The highest BCUT2D eigenvalue weighted by molar-refractivity contribution is 7.98. The summed E-state index contributed by atoms with van der Waals surface area (Å²) in [5, 5.41) is 0. The lowest BCUT2D eigenvalue weighted by molar-refractivity contribution is -0.133. The third-order valence-corrected chi connectivity index (χ3v) is 3.44. The fourth-order valence-corrected chi connectivity index (χ4v) is 2.15. The Hall–Kier alpha value is -0.220. The molecule has 3 nitrogen and oxygen atoms in total. The third-order valence-electron chi connectivity index (χ3n) is 2.79. The summed E-state index contributed by atoms with van der Waals surface area (Å²) < 4.78 is 0. The molecule has 0 aromatic carbocycles. The first-order chi connectivity index (χ1) is 7.40. The SMILES string of the molecule is CSCCC(C)N(C)C(=O)[C@H](N)CC(C)C. The van der Waals surface area contributed by atoms with E-state index in [-0.39, 0.29) is 18.0 Å². The van der Waals surface area contributed by atoms with Gasteiger partial charge < -0.3 is 10.6 Å². The summed E-state index contributed by atoms with van der Waals surface area (Å²) in [6, 6.07) is -0.0695. The standard InChI is InChI=1S/C12H26N2OS/c1-9(2)8-11(13)12(15)14(4)10(3)6-7-16-5/h9-11H,6-8,13H2,1-5H3/t10?,11-/m1/s1. The molecule has 1 amide bonds. The number of hydrogen-bond donors (Lipinski definition) is 1. The van der Waals surface area contributed by atoms with Crippen LogP contribution in [0.15, 0.2) is 0 Å². The number of carbonyl (C=O) groups excluding carboxylic acids is 1. The number of hydrogen-bond acceptors (Lipinski definition) is 3. The van der Waals surface area contributed by atoms with Crippen LogP contribution in [0, 0.1) is 5.92 Å². The van der Waals surface area contributed by atoms with Gasteiger partial charge in [0.15, 0.2) is 0 Å². The first-order valence-corrected chi connectivity index (χ1v) is 7.30. The predicted molar refractivity (Wildman–Crippen MR) is 72.7 cm³/mol. The molecule has 96 valence electrons. The van der Waals surface area contributed by atoms with Crippen molar-refractivity contribution in [2.75, 3.05) is 19.1 Å². The van der Waals surface area contributed by atoms with Crippen LogP contribution >= 0.6 is 11.8 Å². The van der Waals surface area contributed by atoms with Crippen LogP contribution in [0.25, 0.3) is 0 Å². The van der Waals surface area contributed by atoms with E-state index in [1.165, 1.54) is 0 Å². The molecule has 2 N–H and O–H groups in total. The van der Waals surface area contributed by atoms with Gasteiger partial charge in [0.2, 0.25) is 5.91 Å². The Labute approximate surface area is 104 Å². The number of nitrogens with zero attached hydrogens (tertiary/aromatic N) is 1. The highest BCUT2D eigenvalue weighted by atomic mass is 32.2. The molecule has 0 aliphatic rings. The second kappa shape index (κ2) is 7.96. The normalized spacial score (nSPS) is 14.9. The van der Waals surface area contributed by atoms with Crippen LogP contribution in [0.4, 0.5) is 0 Å². The maximum Gasteiger partial charge on any atom is 0.239 e. The van der Waals surface area contributed by atoms with E-state index in [1.807, 2.05) is 18.8 Å². The number of carbonyl (C=O) groups is 1. The summed E-state index contributed by atoms with van der Waals surface area (Å²) in [7, 11) is 1.85. The topological polar surface area (TPSA) is 46.3 Å². The molecule has 0 fully saturated rings. The largest absolute Gasteiger partial charge is 0.342 e. The molecule has 0 saturated carbocycles. The lowest BCUT2D eigenvalue weighted by atomic mass is 10.0. The van der Waals surface area contributed by atoms with Crippen LogP contribution in [0.3, 0.4) is 0 Å². The van der Waals surface area contributed by atoms with Gasteiger partial charge >= 0.3 is 0 Å². The van der Waals surface area contributed by atoms with E-state index in [0.717, 1.165) is 18.6 Å². The molecule has 4 heteroatoms. The van der Waals surface area contributed by atoms with Crippen molar-refractivity contribution in [3.63, 3.8) is 0 Å². The van der Waals surface area contributed by atoms with Gasteiger partial charge in [0, 0.05) is 13.1 Å². The molecule has 0 aromatic rings. The molecule has 0 rings (SSSR count). The Morgan fingerprint density at radius 1 is 1.38 bits per heavy atom. The number of thioether (sulfide) groups is 1. The minimum atomic E-state index is -0.346.